The molecule has 0 radical (unpaired) electrons. The zero-order chi connectivity index (χ0) is 17.5. The van der Waals surface area contributed by atoms with Crippen molar-refractivity contribution in [2.24, 2.45) is 0 Å². The number of nitrogens with one attached hydrogen (secondary N) is 3. The smallest absolute Gasteiger partial charge is 0.262 e. The molecule has 8 heteroatoms. The zero-order valence-electron chi connectivity index (χ0n) is 13.1. The van der Waals surface area contributed by atoms with Crippen molar-refractivity contribution >= 4 is 27.3 Å². The van der Waals surface area contributed by atoms with Crippen LogP contribution < -0.4 is 15.4 Å². The molecule has 2 aromatic carbocycles. The summed E-state index contributed by atoms with van der Waals surface area (Å²) in [7, 11) is -3.81. The number of anilines is 2. The van der Waals surface area contributed by atoms with Crippen molar-refractivity contribution in [1.29, 1.82) is 0 Å². The summed E-state index contributed by atoms with van der Waals surface area (Å²) in [6.07, 6.45) is -1.19. The van der Waals surface area contributed by atoms with Crippen LogP contribution in [0.1, 0.15) is 11.1 Å². The largest absolute Gasteiger partial charge is 0.360 e. The van der Waals surface area contributed by atoms with E-state index in [0.717, 1.165) is 5.56 Å². The molecule has 0 spiro atoms. The summed E-state index contributed by atoms with van der Waals surface area (Å²) in [5.74, 6) is -1.08. The monoisotopic (exact) mass is 349 g/mol. The minimum Gasteiger partial charge on any atom is -0.360 e. The molecule has 3 N–H and O–H groups in total. The number of hydrogen-bond acceptors (Lipinski definition) is 4. The van der Waals surface area contributed by atoms with Gasteiger partial charge in [0.2, 0.25) is 10.0 Å². The van der Waals surface area contributed by atoms with Gasteiger partial charge in [0.05, 0.1) is 5.69 Å². The van der Waals surface area contributed by atoms with Crippen LogP contribution in [0.4, 0.5) is 15.8 Å². The van der Waals surface area contributed by atoms with E-state index >= 15 is 0 Å². The molecular formula is C16H16FN3O3S. The molecule has 2 aromatic rings. The second kappa shape index (κ2) is 5.88. The van der Waals surface area contributed by atoms with Crippen LogP contribution in [0.15, 0.2) is 41.3 Å². The Morgan fingerprint density at radius 3 is 2.62 bits per heavy atom. The van der Waals surface area contributed by atoms with E-state index in [4.69, 9.17) is 0 Å². The Bertz CT molecular complexity index is 928. The first-order chi connectivity index (χ1) is 11.3. The normalized spacial score (nSPS) is 18.4. The van der Waals surface area contributed by atoms with Gasteiger partial charge in [-0.05, 0) is 49.2 Å². The maximum atomic E-state index is 13.6. The van der Waals surface area contributed by atoms with E-state index < -0.39 is 27.9 Å². The number of benzene rings is 2. The SMILES string of the molecule is Cc1ccc2c(c1)N[C@@H](C(=O)Nc1ccc(C)c(F)c1)NS2(=O)=O. The molecule has 0 aromatic heterocycles. The molecule has 1 atom stereocenters. The van der Waals surface area contributed by atoms with Gasteiger partial charge in [-0.3, -0.25) is 4.79 Å². The number of carbonyl (C=O) groups is 1. The second-order valence-electron chi connectivity index (χ2n) is 5.65. The lowest BCUT2D eigenvalue weighted by Crippen LogP contribution is -2.51. The van der Waals surface area contributed by atoms with E-state index in [1.165, 1.54) is 18.2 Å². The molecule has 24 heavy (non-hydrogen) atoms. The van der Waals surface area contributed by atoms with Gasteiger partial charge in [-0.1, -0.05) is 12.1 Å². The lowest BCUT2D eigenvalue weighted by atomic mass is 10.2. The average molecular weight is 349 g/mol. The van der Waals surface area contributed by atoms with Crippen molar-refractivity contribution in [3.63, 3.8) is 0 Å². The van der Waals surface area contributed by atoms with Crippen molar-refractivity contribution in [3.05, 3.63) is 53.3 Å². The molecule has 6 nitrogen and oxygen atoms in total. The highest BCUT2D eigenvalue weighted by Gasteiger charge is 2.33. The van der Waals surface area contributed by atoms with Gasteiger partial charge in [0, 0.05) is 5.69 Å². The first-order valence-corrected chi connectivity index (χ1v) is 8.71. The minimum atomic E-state index is -3.81. The predicted octanol–water partition coefficient (Wildman–Crippen LogP) is 2.11. The van der Waals surface area contributed by atoms with Gasteiger partial charge in [0.15, 0.2) is 6.17 Å². The van der Waals surface area contributed by atoms with E-state index in [-0.39, 0.29) is 10.6 Å². The Hall–Kier alpha value is -2.45. The third-order valence-electron chi connectivity index (χ3n) is 3.70. The summed E-state index contributed by atoms with van der Waals surface area (Å²) in [6.45, 7) is 3.43. The number of amides is 1. The molecule has 0 saturated heterocycles. The van der Waals surface area contributed by atoms with E-state index in [1.807, 2.05) is 6.92 Å². The average Bonchev–Trinajstić information content (AvgIpc) is 2.49. The molecule has 0 bridgehead atoms. The fourth-order valence-electron chi connectivity index (χ4n) is 2.40. The van der Waals surface area contributed by atoms with E-state index in [9.17, 15) is 17.6 Å². The van der Waals surface area contributed by atoms with Gasteiger partial charge in [-0.15, -0.1) is 0 Å². The van der Waals surface area contributed by atoms with Crippen molar-refractivity contribution in [3.8, 4) is 0 Å². The lowest BCUT2D eigenvalue weighted by molar-refractivity contribution is -0.117. The number of halogens is 1. The molecule has 1 aliphatic rings. The number of rotatable bonds is 2. The predicted molar refractivity (Wildman–Crippen MR) is 88.7 cm³/mol. The summed E-state index contributed by atoms with van der Waals surface area (Å²) < 4.78 is 40.3. The quantitative estimate of drug-likeness (QED) is 0.775. The minimum absolute atomic E-state index is 0.0820. The third kappa shape index (κ3) is 3.10. The van der Waals surface area contributed by atoms with E-state index in [2.05, 4.69) is 15.4 Å². The van der Waals surface area contributed by atoms with Crippen LogP contribution in [0.25, 0.3) is 0 Å². The van der Waals surface area contributed by atoms with Crippen LogP contribution in [0, 0.1) is 19.7 Å². The third-order valence-corrected chi connectivity index (χ3v) is 5.18. The molecule has 1 heterocycles. The zero-order valence-corrected chi connectivity index (χ0v) is 13.9. The number of aryl methyl sites for hydroxylation is 2. The summed E-state index contributed by atoms with van der Waals surface area (Å²) >= 11 is 0. The molecule has 3 rings (SSSR count). The van der Waals surface area contributed by atoms with Crippen molar-refractivity contribution < 1.29 is 17.6 Å². The Labute approximate surface area is 139 Å². The van der Waals surface area contributed by atoms with Crippen LogP contribution in [0.2, 0.25) is 0 Å². The first-order valence-electron chi connectivity index (χ1n) is 7.23. The molecule has 0 fully saturated rings. The molecule has 0 saturated carbocycles. The number of sulfonamides is 1. The molecule has 0 unspecified atom stereocenters. The molecule has 1 amide bonds. The Morgan fingerprint density at radius 1 is 1.17 bits per heavy atom. The summed E-state index contributed by atoms with van der Waals surface area (Å²) in [6, 6.07) is 9.06. The van der Waals surface area contributed by atoms with Gasteiger partial charge in [-0.2, -0.15) is 4.72 Å². The second-order valence-corrected chi connectivity index (χ2v) is 7.33. The van der Waals surface area contributed by atoms with Crippen molar-refractivity contribution in [1.82, 2.24) is 4.72 Å². The fraction of sp³-hybridized carbons (Fsp3) is 0.188. The first kappa shape index (κ1) is 16.4. The summed E-state index contributed by atoms with van der Waals surface area (Å²) in [5.41, 5.74) is 1.91. The van der Waals surface area contributed by atoms with Gasteiger partial charge >= 0.3 is 0 Å². The highest BCUT2D eigenvalue weighted by Crippen LogP contribution is 2.27. The number of fused-ring (bicyclic) bond motifs is 1. The number of hydrogen-bond donors (Lipinski definition) is 3. The van der Waals surface area contributed by atoms with Gasteiger partial charge in [0.1, 0.15) is 10.7 Å². The van der Waals surface area contributed by atoms with Crippen LogP contribution >= 0.6 is 0 Å². The topological polar surface area (TPSA) is 87.3 Å². The van der Waals surface area contributed by atoms with Crippen LogP contribution in [0.5, 0.6) is 0 Å². The van der Waals surface area contributed by atoms with Crippen LogP contribution in [-0.4, -0.2) is 20.5 Å². The number of carbonyl (C=O) groups excluding carboxylic acids is 1. The van der Waals surface area contributed by atoms with Crippen LogP contribution in [0.3, 0.4) is 0 Å². The summed E-state index contributed by atoms with van der Waals surface area (Å²) in [5, 5.41) is 5.34. The van der Waals surface area contributed by atoms with Gasteiger partial charge < -0.3 is 10.6 Å². The standard InChI is InChI=1S/C16H16FN3O3S/c1-9-3-6-14-13(7-9)19-15(20-24(14,22)23)16(21)18-11-5-4-10(2)12(17)8-11/h3-8,15,19-20H,1-2H3,(H,18,21)/t15-/m1/s1. The van der Waals surface area contributed by atoms with Crippen molar-refractivity contribution in [2.45, 2.75) is 24.9 Å². The maximum absolute atomic E-state index is 13.6. The molecule has 1 aliphatic heterocycles. The highest BCUT2D eigenvalue weighted by atomic mass is 32.2. The van der Waals surface area contributed by atoms with Gasteiger partial charge in [-0.25, -0.2) is 12.8 Å². The Kier molecular flexibility index (Phi) is 4.02. The Morgan fingerprint density at radius 2 is 1.92 bits per heavy atom. The van der Waals surface area contributed by atoms with Gasteiger partial charge in [0.25, 0.3) is 5.91 Å². The molecular weight excluding hydrogens is 333 g/mol. The maximum Gasteiger partial charge on any atom is 0.262 e. The summed E-state index contributed by atoms with van der Waals surface area (Å²) in [4.78, 5) is 12.4. The van der Waals surface area contributed by atoms with Crippen molar-refractivity contribution in [2.75, 3.05) is 10.6 Å². The Balaban J connectivity index is 1.85. The van der Waals surface area contributed by atoms with Crippen LogP contribution in [-0.2, 0) is 14.8 Å². The molecule has 0 aliphatic carbocycles. The lowest BCUT2D eigenvalue weighted by Gasteiger charge is -2.27. The highest BCUT2D eigenvalue weighted by molar-refractivity contribution is 7.89. The van der Waals surface area contributed by atoms with E-state index in [1.54, 1.807) is 25.1 Å². The molecule has 126 valence electrons. The van der Waals surface area contributed by atoms with E-state index in [0.29, 0.717) is 11.3 Å². The fourth-order valence-corrected chi connectivity index (χ4v) is 3.66.